The summed E-state index contributed by atoms with van der Waals surface area (Å²) in [5.41, 5.74) is 2.09. The summed E-state index contributed by atoms with van der Waals surface area (Å²) >= 11 is 1.97. The van der Waals surface area contributed by atoms with Crippen LogP contribution in [0.1, 0.15) is 26.3 Å². The molecule has 1 aromatic carbocycles. The summed E-state index contributed by atoms with van der Waals surface area (Å²) in [6.07, 6.45) is 0. The summed E-state index contributed by atoms with van der Waals surface area (Å²) in [5, 5.41) is 2.82. The van der Waals surface area contributed by atoms with Crippen LogP contribution < -0.4 is 5.32 Å². The minimum atomic E-state index is -0.0294. The molecular weight excluding hydrogens is 256 g/mol. The first-order valence-corrected chi connectivity index (χ1v) is 7.83. The zero-order valence-electron chi connectivity index (χ0n) is 12.3. The molecule has 0 unspecified atom stereocenters. The molecule has 4 heteroatoms. The van der Waals surface area contributed by atoms with Gasteiger partial charge < -0.3 is 5.32 Å². The number of rotatable bonds is 7. The third kappa shape index (κ3) is 6.12. The van der Waals surface area contributed by atoms with Gasteiger partial charge in [0.2, 0.25) is 5.91 Å². The lowest BCUT2D eigenvalue weighted by atomic mass is 10.1. The SMILES string of the molecule is CCSC[C@@H](C)N(C)Cc1cccc(NC(C)=O)c1. The normalized spacial score (nSPS) is 12.5. The van der Waals surface area contributed by atoms with Gasteiger partial charge in [0.1, 0.15) is 0 Å². The molecule has 0 saturated carbocycles. The van der Waals surface area contributed by atoms with Crippen molar-refractivity contribution in [1.29, 1.82) is 0 Å². The molecule has 0 bridgehead atoms. The van der Waals surface area contributed by atoms with Crippen LogP contribution in [0.15, 0.2) is 24.3 Å². The molecule has 1 aromatic rings. The van der Waals surface area contributed by atoms with Gasteiger partial charge in [-0.3, -0.25) is 9.69 Å². The number of benzene rings is 1. The number of amides is 1. The third-order valence-corrected chi connectivity index (χ3v) is 4.12. The molecule has 1 N–H and O–H groups in total. The van der Waals surface area contributed by atoms with Crippen molar-refractivity contribution in [3.05, 3.63) is 29.8 Å². The van der Waals surface area contributed by atoms with E-state index >= 15 is 0 Å². The highest BCUT2D eigenvalue weighted by Crippen LogP contribution is 2.14. The van der Waals surface area contributed by atoms with E-state index in [4.69, 9.17) is 0 Å². The number of hydrogen-bond acceptors (Lipinski definition) is 3. The van der Waals surface area contributed by atoms with Crippen LogP contribution >= 0.6 is 11.8 Å². The van der Waals surface area contributed by atoms with Crippen molar-refractivity contribution in [2.75, 3.05) is 23.9 Å². The zero-order valence-corrected chi connectivity index (χ0v) is 13.1. The molecule has 0 fully saturated rings. The maximum absolute atomic E-state index is 11.0. The molecule has 0 aliphatic carbocycles. The number of carbonyl (C=O) groups excluding carboxylic acids is 1. The van der Waals surface area contributed by atoms with E-state index in [0.29, 0.717) is 6.04 Å². The van der Waals surface area contributed by atoms with E-state index in [1.54, 1.807) is 0 Å². The van der Waals surface area contributed by atoms with Crippen molar-refractivity contribution in [2.45, 2.75) is 33.4 Å². The fourth-order valence-corrected chi connectivity index (χ4v) is 2.64. The minimum absolute atomic E-state index is 0.0294. The van der Waals surface area contributed by atoms with Crippen LogP contribution in [0.4, 0.5) is 5.69 Å². The topological polar surface area (TPSA) is 32.3 Å². The molecule has 0 heterocycles. The van der Waals surface area contributed by atoms with Gasteiger partial charge in [-0.05, 0) is 37.4 Å². The Balaban J connectivity index is 2.58. The van der Waals surface area contributed by atoms with Gasteiger partial charge in [-0.25, -0.2) is 0 Å². The molecular formula is C15H24N2OS. The largest absolute Gasteiger partial charge is 0.326 e. The summed E-state index contributed by atoms with van der Waals surface area (Å²) in [7, 11) is 2.14. The van der Waals surface area contributed by atoms with Crippen LogP contribution in [0.5, 0.6) is 0 Å². The van der Waals surface area contributed by atoms with Crippen molar-refractivity contribution in [1.82, 2.24) is 4.90 Å². The van der Waals surface area contributed by atoms with Gasteiger partial charge in [0.15, 0.2) is 0 Å². The maximum atomic E-state index is 11.0. The van der Waals surface area contributed by atoms with E-state index in [2.05, 4.69) is 37.2 Å². The Kier molecular flexibility index (Phi) is 6.95. The molecule has 0 aromatic heterocycles. The van der Waals surface area contributed by atoms with Crippen molar-refractivity contribution in [3.63, 3.8) is 0 Å². The molecule has 0 aliphatic heterocycles. The Morgan fingerprint density at radius 3 is 2.84 bits per heavy atom. The second kappa shape index (κ2) is 8.23. The standard InChI is InChI=1S/C15H24N2OS/c1-5-19-11-12(2)17(4)10-14-7-6-8-15(9-14)16-13(3)18/h6-9,12H,5,10-11H2,1-4H3,(H,16,18)/t12-/m1/s1. The highest BCUT2D eigenvalue weighted by molar-refractivity contribution is 7.99. The lowest BCUT2D eigenvalue weighted by Gasteiger charge is -2.24. The first-order valence-electron chi connectivity index (χ1n) is 6.67. The fraction of sp³-hybridized carbons (Fsp3) is 0.533. The Morgan fingerprint density at radius 1 is 1.47 bits per heavy atom. The van der Waals surface area contributed by atoms with E-state index < -0.39 is 0 Å². The van der Waals surface area contributed by atoms with Gasteiger partial charge in [0.25, 0.3) is 0 Å². The van der Waals surface area contributed by atoms with Gasteiger partial charge in [-0.15, -0.1) is 0 Å². The molecule has 0 aliphatic rings. The lowest BCUT2D eigenvalue weighted by molar-refractivity contribution is -0.114. The van der Waals surface area contributed by atoms with E-state index in [1.807, 2.05) is 30.0 Å². The van der Waals surface area contributed by atoms with Crippen LogP contribution in [0, 0.1) is 0 Å². The summed E-state index contributed by atoms with van der Waals surface area (Å²) in [5.74, 6) is 2.28. The maximum Gasteiger partial charge on any atom is 0.221 e. The van der Waals surface area contributed by atoms with Gasteiger partial charge in [-0.1, -0.05) is 19.1 Å². The summed E-state index contributed by atoms with van der Waals surface area (Å²) in [6, 6.07) is 8.59. The zero-order chi connectivity index (χ0) is 14.3. The molecule has 1 amide bonds. The third-order valence-electron chi connectivity index (χ3n) is 2.99. The van der Waals surface area contributed by atoms with E-state index in [-0.39, 0.29) is 5.91 Å². The highest BCUT2D eigenvalue weighted by atomic mass is 32.2. The number of carbonyl (C=O) groups is 1. The predicted octanol–water partition coefficient (Wildman–Crippen LogP) is 3.22. The fourth-order valence-electron chi connectivity index (χ4n) is 1.81. The number of thioether (sulfide) groups is 1. The quantitative estimate of drug-likeness (QED) is 0.832. The second-order valence-corrected chi connectivity index (χ2v) is 6.12. The van der Waals surface area contributed by atoms with E-state index in [1.165, 1.54) is 12.5 Å². The minimum Gasteiger partial charge on any atom is -0.326 e. The first-order chi connectivity index (χ1) is 9.02. The van der Waals surface area contributed by atoms with Crippen molar-refractivity contribution >= 4 is 23.4 Å². The van der Waals surface area contributed by atoms with Crippen LogP contribution in [-0.4, -0.2) is 35.4 Å². The number of hydrogen-bond donors (Lipinski definition) is 1. The van der Waals surface area contributed by atoms with Crippen molar-refractivity contribution < 1.29 is 4.79 Å². The number of anilines is 1. The number of nitrogens with one attached hydrogen (secondary N) is 1. The van der Waals surface area contributed by atoms with E-state index in [0.717, 1.165) is 23.7 Å². The van der Waals surface area contributed by atoms with Crippen molar-refractivity contribution in [3.8, 4) is 0 Å². The smallest absolute Gasteiger partial charge is 0.221 e. The monoisotopic (exact) mass is 280 g/mol. The lowest BCUT2D eigenvalue weighted by Crippen LogP contribution is -2.30. The van der Waals surface area contributed by atoms with Gasteiger partial charge in [0, 0.05) is 31.0 Å². The van der Waals surface area contributed by atoms with E-state index in [9.17, 15) is 4.79 Å². The van der Waals surface area contributed by atoms with Crippen LogP contribution in [0.3, 0.4) is 0 Å². The molecule has 0 radical (unpaired) electrons. The average Bonchev–Trinajstić information content (AvgIpc) is 2.35. The predicted molar refractivity (Wildman–Crippen MR) is 84.7 cm³/mol. The molecule has 3 nitrogen and oxygen atoms in total. The molecule has 1 rings (SSSR count). The summed E-state index contributed by atoms with van der Waals surface area (Å²) in [4.78, 5) is 13.4. The Hall–Kier alpha value is -1.00. The molecule has 19 heavy (non-hydrogen) atoms. The van der Waals surface area contributed by atoms with Crippen LogP contribution in [0.25, 0.3) is 0 Å². The average molecular weight is 280 g/mol. The summed E-state index contributed by atoms with van der Waals surface area (Å²) < 4.78 is 0. The Bertz CT molecular complexity index is 409. The first kappa shape index (κ1) is 16.1. The number of nitrogens with zero attached hydrogens (tertiary/aromatic N) is 1. The second-order valence-electron chi connectivity index (χ2n) is 4.81. The Labute approximate surface area is 120 Å². The van der Waals surface area contributed by atoms with Crippen LogP contribution in [0.2, 0.25) is 0 Å². The Morgan fingerprint density at radius 2 is 2.21 bits per heavy atom. The molecule has 1 atom stereocenters. The van der Waals surface area contributed by atoms with Gasteiger partial charge in [-0.2, -0.15) is 11.8 Å². The molecule has 106 valence electrons. The van der Waals surface area contributed by atoms with Crippen molar-refractivity contribution in [2.24, 2.45) is 0 Å². The van der Waals surface area contributed by atoms with Gasteiger partial charge in [0.05, 0.1) is 0 Å². The van der Waals surface area contributed by atoms with Gasteiger partial charge >= 0.3 is 0 Å². The molecule has 0 spiro atoms. The molecule has 0 saturated heterocycles. The summed E-state index contributed by atoms with van der Waals surface area (Å²) in [6.45, 7) is 6.87. The highest BCUT2D eigenvalue weighted by Gasteiger charge is 2.09. The van der Waals surface area contributed by atoms with Crippen LogP contribution in [-0.2, 0) is 11.3 Å².